The molecule has 0 aromatic heterocycles. The Labute approximate surface area is 386 Å². The highest BCUT2D eigenvalue weighted by Crippen LogP contribution is 2.46. The van der Waals surface area contributed by atoms with E-state index in [4.69, 9.17) is 0 Å². The van der Waals surface area contributed by atoms with Gasteiger partial charge in [0.1, 0.15) is 0 Å². The zero-order valence-electron chi connectivity index (χ0n) is 41.7. The van der Waals surface area contributed by atoms with Crippen LogP contribution in [-0.2, 0) is 21.7 Å². The Balaban J connectivity index is 1.48. The topological polar surface area (TPSA) is 15.3 Å². The van der Waals surface area contributed by atoms with E-state index in [0.717, 1.165) is 5.69 Å². The fourth-order valence-corrected chi connectivity index (χ4v) is 9.49. The van der Waals surface area contributed by atoms with E-state index in [1.54, 1.807) is 0 Å². The standard InChI is InChI=1S/C61H71BN2/c1-39-32-52-56-55(33-39)64(53-29-27-46(59(8,9)10)36-49(53)43-20-19-42-35-45(58(5,6)7)26-23-41(42)34-43)54-30-28-48(61(14,15)16)38-51(54)62(56)50-37-47(60(11,12)13)25-22-40(50)21-24-44(57(2,3)4)18-17-31-63-52/h17-38,63H,1-16H3/b24-21-,31-17+,44-18+. The summed E-state index contributed by atoms with van der Waals surface area (Å²) < 4.78 is 0. The van der Waals surface area contributed by atoms with E-state index >= 15 is 0 Å². The van der Waals surface area contributed by atoms with E-state index in [1.165, 1.54) is 94.3 Å². The number of hydrogen-bond acceptors (Lipinski definition) is 2. The highest BCUT2D eigenvalue weighted by Gasteiger charge is 2.40. The Morgan fingerprint density at radius 2 is 1.02 bits per heavy atom. The Kier molecular flexibility index (Phi) is 11.2. The van der Waals surface area contributed by atoms with Crippen LogP contribution in [-0.4, -0.2) is 6.71 Å². The zero-order chi connectivity index (χ0) is 46.3. The van der Waals surface area contributed by atoms with Gasteiger partial charge in [0.05, 0.1) is 5.69 Å². The third kappa shape index (κ3) is 8.68. The first-order valence-corrected chi connectivity index (χ1v) is 23.5. The van der Waals surface area contributed by atoms with Crippen LogP contribution < -0.4 is 26.6 Å². The van der Waals surface area contributed by atoms with Crippen LogP contribution in [0.5, 0.6) is 0 Å². The van der Waals surface area contributed by atoms with E-state index < -0.39 is 0 Å². The van der Waals surface area contributed by atoms with Gasteiger partial charge in [-0.15, -0.1) is 0 Å². The summed E-state index contributed by atoms with van der Waals surface area (Å²) in [4.78, 5) is 2.59. The third-order valence-electron chi connectivity index (χ3n) is 13.6. The van der Waals surface area contributed by atoms with Crippen LogP contribution in [0.3, 0.4) is 0 Å². The van der Waals surface area contributed by atoms with Crippen molar-refractivity contribution in [2.45, 2.75) is 132 Å². The van der Waals surface area contributed by atoms with Crippen molar-refractivity contribution >= 4 is 62.7 Å². The second-order valence-electron chi connectivity index (χ2n) is 23.8. The minimum absolute atomic E-state index is 0.0294. The number of aryl methyl sites for hydroxylation is 1. The van der Waals surface area contributed by atoms with E-state index in [9.17, 15) is 0 Å². The summed E-state index contributed by atoms with van der Waals surface area (Å²) >= 11 is 0. The summed E-state index contributed by atoms with van der Waals surface area (Å²) in [5, 5.41) is 6.42. The molecule has 2 heterocycles. The maximum absolute atomic E-state index is 3.89. The molecule has 2 nitrogen and oxygen atoms in total. The molecule has 2 aliphatic heterocycles. The lowest BCUT2D eigenvalue weighted by Gasteiger charge is -2.41. The van der Waals surface area contributed by atoms with Gasteiger partial charge < -0.3 is 10.2 Å². The number of rotatable bonds is 2. The third-order valence-corrected chi connectivity index (χ3v) is 13.6. The Bertz CT molecular complexity index is 2880. The lowest BCUT2D eigenvalue weighted by Crippen LogP contribution is -2.59. The van der Waals surface area contributed by atoms with Crippen molar-refractivity contribution in [1.82, 2.24) is 0 Å². The zero-order valence-corrected chi connectivity index (χ0v) is 41.7. The molecule has 0 unspecified atom stereocenters. The Morgan fingerprint density at radius 1 is 0.469 bits per heavy atom. The molecule has 3 heteroatoms. The largest absolute Gasteiger partial charge is 0.362 e. The molecule has 328 valence electrons. The van der Waals surface area contributed by atoms with Gasteiger partial charge in [-0.25, -0.2) is 0 Å². The van der Waals surface area contributed by atoms with Gasteiger partial charge in [-0.05, 0) is 143 Å². The number of fused-ring (bicyclic) bond motifs is 5. The van der Waals surface area contributed by atoms with Crippen LogP contribution in [0.1, 0.15) is 137 Å². The fraction of sp³-hybridized carbons (Fsp3) is 0.344. The number of anilines is 4. The molecule has 0 saturated carbocycles. The van der Waals surface area contributed by atoms with Crippen molar-refractivity contribution in [2.75, 3.05) is 10.2 Å². The highest BCUT2D eigenvalue weighted by molar-refractivity contribution is 6.99. The molecule has 0 bridgehead atoms. The van der Waals surface area contributed by atoms with Crippen LogP contribution >= 0.6 is 0 Å². The molecule has 64 heavy (non-hydrogen) atoms. The molecule has 0 atom stereocenters. The van der Waals surface area contributed by atoms with Crippen LogP contribution in [0.4, 0.5) is 22.7 Å². The van der Waals surface area contributed by atoms with Crippen LogP contribution in [0.15, 0.2) is 133 Å². The van der Waals surface area contributed by atoms with Crippen molar-refractivity contribution < 1.29 is 0 Å². The maximum Gasteiger partial charge on any atom is 0.250 e. The number of hydrogen-bond donors (Lipinski definition) is 1. The van der Waals surface area contributed by atoms with Gasteiger partial charge in [0, 0.05) is 28.8 Å². The molecule has 2 aliphatic rings. The molecule has 0 amide bonds. The quantitative estimate of drug-likeness (QED) is 0.174. The maximum atomic E-state index is 3.89. The van der Waals surface area contributed by atoms with Gasteiger partial charge in [0.25, 0.3) is 0 Å². The SMILES string of the molecule is Cc1cc2c3c(c1)N(c1ccc(C(C)(C)C)cc1-c1ccc4cc(C(C)(C)C)ccc4c1)c1ccc(C(C)(C)C)cc1B3c1cc(C(C)(C)C)ccc1\C=C/C(C(C)(C)C)=C\C=C\N2. The van der Waals surface area contributed by atoms with E-state index in [2.05, 4.69) is 255 Å². The minimum Gasteiger partial charge on any atom is -0.362 e. The average Bonchev–Trinajstić information content (AvgIpc) is 3.19. The van der Waals surface area contributed by atoms with Crippen LogP contribution in [0, 0.1) is 12.3 Å². The molecule has 1 N–H and O–H groups in total. The molecule has 0 saturated heterocycles. The first-order chi connectivity index (χ1) is 29.8. The monoisotopic (exact) mass is 843 g/mol. The second-order valence-corrected chi connectivity index (χ2v) is 23.8. The van der Waals surface area contributed by atoms with Gasteiger partial charge in [-0.3, -0.25) is 0 Å². The van der Waals surface area contributed by atoms with Gasteiger partial charge in [-0.1, -0.05) is 194 Å². The molecule has 6 aromatic rings. The predicted molar refractivity (Wildman–Crippen MR) is 284 cm³/mol. The van der Waals surface area contributed by atoms with Crippen molar-refractivity contribution in [2.24, 2.45) is 5.41 Å². The van der Waals surface area contributed by atoms with Gasteiger partial charge in [0.15, 0.2) is 0 Å². The van der Waals surface area contributed by atoms with Crippen molar-refractivity contribution in [3.63, 3.8) is 0 Å². The first kappa shape index (κ1) is 45.0. The summed E-state index contributed by atoms with van der Waals surface area (Å²) in [6.45, 7) is 37.0. The summed E-state index contributed by atoms with van der Waals surface area (Å²) in [5.74, 6) is 0. The fourth-order valence-electron chi connectivity index (χ4n) is 9.49. The molecule has 6 aromatic carbocycles. The molecule has 0 aliphatic carbocycles. The van der Waals surface area contributed by atoms with E-state index in [-0.39, 0.29) is 33.8 Å². The molecule has 0 radical (unpaired) electrons. The average molecular weight is 843 g/mol. The number of nitrogens with zero attached hydrogens (tertiary/aromatic N) is 1. The summed E-state index contributed by atoms with van der Waals surface area (Å²) in [7, 11) is 0. The number of nitrogens with one attached hydrogen (secondary N) is 1. The van der Waals surface area contributed by atoms with E-state index in [0.29, 0.717) is 0 Å². The molecule has 8 rings (SSSR count). The summed E-state index contributed by atoms with van der Waals surface area (Å²) in [6, 6.07) is 40.7. The predicted octanol–water partition coefficient (Wildman–Crippen LogP) is 15.2. The smallest absolute Gasteiger partial charge is 0.250 e. The minimum atomic E-state index is -0.0570. The number of benzene rings is 6. The van der Waals surface area contributed by atoms with Crippen molar-refractivity contribution in [3.8, 4) is 11.1 Å². The lowest BCUT2D eigenvalue weighted by atomic mass is 9.33. The molecular weight excluding hydrogens is 771 g/mol. The van der Waals surface area contributed by atoms with Crippen LogP contribution in [0.25, 0.3) is 28.0 Å². The Morgan fingerprint density at radius 3 is 1.66 bits per heavy atom. The van der Waals surface area contributed by atoms with Gasteiger partial charge in [-0.2, -0.15) is 0 Å². The Hall–Kier alpha value is -5.54. The normalized spacial score (nSPS) is 16.4. The molecular formula is C61H71BN2. The lowest BCUT2D eigenvalue weighted by molar-refractivity contribution is 0.517. The highest BCUT2D eigenvalue weighted by atomic mass is 15.2. The van der Waals surface area contributed by atoms with Crippen molar-refractivity contribution in [1.29, 1.82) is 0 Å². The van der Waals surface area contributed by atoms with Crippen LogP contribution in [0.2, 0.25) is 0 Å². The summed E-state index contributed by atoms with van der Waals surface area (Å²) in [6.07, 6.45) is 11.3. The van der Waals surface area contributed by atoms with Gasteiger partial charge in [0.2, 0.25) is 6.71 Å². The molecule has 0 spiro atoms. The molecule has 0 fully saturated rings. The first-order valence-electron chi connectivity index (χ1n) is 23.5. The van der Waals surface area contributed by atoms with Crippen molar-refractivity contribution in [3.05, 3.63) is 167 Å². The van der Waals surface area contributed by atoms with Gasteiger partial charge >= 0.3 is 0 Å². The number of allylic oxidation sites excluding steroid dienone is 4. The van der Waals surface area contributed by atoms with E-state index in [1.807, 2.05) is 0 Å². The summed E-state index contributed by atoms with van der Waals surface area (Å²) in [5.41, 5.74) is 20.1. The second kappa shape index (κ2) is 15.9.